The van der Waals surface area contributed by atoms with Gasteiger partial charge in [-0.2, -0.15) is 0 Å². The highest BCUT2D eigenvalue weighted by Crippen LogP contribution is 2.33. The topological polar surface area (TPSA) is 76.7 Å². The van der Waals surface area contributed by atoms with Gasteiger partial charge in [0.25, 0.3) is 0 Å². The number of nitrogens with one attached hydrogen (secondary N) is 2. The number of urea groups is 1. The van der Waals surface area contributed by atoms with Crippen LogP contribution in [0.15, 0.2) is 63.5 Å². The summed E-state index contributed by atoms with van der Waals surface area (Å²) in [7, 11) is 1.42. The molecule has 0 spiro atoms. The second-order valence-corrected chi connectivity index (χ2v) is 7.41. The van der Waals surface area contributed by atoms with Gasteiger partial charge in [-0.3, -0.25) is 0 Å². The lowest BCUT2D eigenvalue weighted by molar-refractivity contribution is -0.139. The van der Waals surface area contributed by atoms with Crippen molar-refractivity contribution in [2.75, 3.05) is 13.7 Å². The van der Waals surface area contributed by atoms with Gasteiger partial charge < -0.3 is 20.1 Å². The molecule has 0 aliphatic carbocycles. The molecule has 0 bridgehead atoms. The molecular weight excluding hydrogens is 395 g/mol. The van der Waals surface area contributed by atoms with E-state index in [4.69, 9.17) is 9.47 Å². The summed E-state index contributed by atoms with van der Waals surface area (Å²) in [6.07, 6.45) is 0. The largest absolute Gasteiger partial charge is 0.494 e. The number of ether oxygens (including phenoxy) is 2. The number of halogens is 1. The quantitative estimate of drug-likeness (QED) is 0.691. The van der Waals surface area contributed by atoms with Gasteiger partial charge >= 0.3 is 12.0 Å². The molecule has 0 saturated carbocycles. The second-order valence-electron chi connectivity index (χ2n) is 6.26. The van der Waals surface area contributed by atoms with Crippen LogP contribution in [0.2, 0.25) is 0 Å². The van der Waals surface area contributed by atoms with Crippen LogP contribution in [0.4, 0.5) is 9.18 Å². The zero-order valence-electron chi connectivity index (χ0n) is 16.2. The van der Waals surface area contributed by atoms with Gasteiger partial charge in [0.05, 0.1) is 25.3 Å². The van der Waals surface area contributed by atoms with Gasteiger partial charge in [0.1, 0.15) is 0 Å². The van der Waals surface area contributed by atoms with E-state index in [1.165, 1.54) is 24.9 Å². The molecule has 6 nitrogen and oxygen atoms in total. The van der Waals surface area contributed by atoms with Crippen LogP contribution in [0.3, 0.4) is 0 Å². The van der Waals surface area contributed by atoms with Crippen LogP contribution >= 0.6 is 11.8 Å². The van der Waals surface area contributed by atoms with Crippen LogP contribution < -0.4 is 15.4 Å². The highest BCUT2D eigenvalue weighted by atomic mass is 32.2. The lowest BCUT2D eigenvalue weighted by atomic mass is 9.96. The standard InChI is InChI=1S/C21H21FN2O4S/c1-4-28-20(25)18-12(2)23-21(26)24-19(18)13-5-7-14(8-6-13)29-15-9-10-17(27-3)16(22)11-15/h5-11,19H,4H2,1-3H3,(H2,23,24,26). The van der Waals surface area contributed by atoms with Crippen molar-refractivity contribution in [3.63, 3.8) is 0 Å². The summed E-state index contributed by atoms with van der Waals surface area (Å²) < 4.78 is 23.9. The van der Waals surface area contributed by atoms with Crippen LogP contribution in [0.1, 0.15) is 25.5 Å². The average Bonchev–Trinajstić information content (AvgIpc) is 2.68. The summed E-state index contributed by atoms with van der Waals surface area (Å²) in [4.78, 5) is 25.9. The number of rotatable bonds is 6. The molecule has 152 valence electrons. The zero-order chi connectivity index (χ0) is 21.0. The SMILES string of the molecule is CCOC(=O)C1=C(C)NC(=O)NC1c1ccc(Sc2ccc(OC)c(F)c2)cc1. The number of carbonyl (C=O) groups excluding carboxylic acids is 2. The number of esters is 1. The van der Waals surface area contributed by atoms with Crippen molar-refractivity contribution in [1.82, 2.24) is 10.6 Å². The number of methoxy groups -OCH3 is 1. The Hall–Kier alpha value is -3.00. The van der Waals surface area contributed by atoms with Crippen LogP contribution in [0, 0.1) is 5.82 Å². The van der Waals surface area contributed by atoms with Crippen molar-refractivity contribution in [1.29, 1.82) is 0 Å². The highest BCUT2D eigenvalue weighted by Gasteiger charge is 2.32. The Kier molecular flexibility index (Phi) is 6.43. The van der Waals surface area contributed by atoms with E-state index in [0.29, 0.717) is 11.3 Å². The maximum Gasteiger partial charge on any atom is 0.338 e. The van der Waals surface area contributed by atoms with Crippen LogP contribution in [-0.2, 0) is 9.53 Å². The van der Waals surface area contributed by atoms with Crippen molar-refractivity contribution < 1.29 is 23.5 Å². The molecule has 2 amide bonds. The van der Waals surface area contributed by atoms with Gasteiger partial charge in [0, 0.05) is 15.5 Å². The molecule has 0 radical (unpaired) electrons. The Morgan fingerprint density at radius 2 is 1.86 bits per heavy atom. The number of carbonyl (C=O) groups is 2. The maximum absolute atomic E-state index is 13.9. The summed E-state index contributed by atoms with van der Waals surface area (Å²) in [5.41, 5.74) is 1.57. The number of hydrogen-bond donors (Lipinski definition) is 2. The first-order valence-electron chi connectivity index (χ1n) is 8.99. The number of allylic oxidation sites excluding steroid dienone is 1. The fourth-order valence-electron chi connectivity index (χ4n) is 3.00. The third-order valence-corrected chi connectivity index (χ3v) is 5.33. The molecule has 8 heteroatoms. The number of amides is 2. The summed E-state index contributed by atoms with van der Waals surface area (Å²) in [6, 6.07) is 11.1. The molecule has 1 atom stereocenters. The molecule has 2 aromatic rings. The van der Waals surface area contributed by atoms with Gasteiger partial charge in [0.15, 0.2) is 11.6 Å². The molecule has 2 N–H and O–H groups in total. The third-order valence-electron chi connectivity index (χ3n) is 4.34. The molecule has 0 fully saturated rings. The highest BCUT2D eigenvalue weighted by molar-refractivity contribution is 7.99. The average molecular weight is 416 g/mol. The first kappa shape index (κ1) is 20.7. The number of benzene rings is 2. The molecule has 29 heavy (non-hydrogen) atoms. The molecule has 3 rings (SSSR count). The van der Waals surface area contributed by atoms with Crippen molar-refractivity contribution in [3.8, 4) is 5.75 Å². The second kappa shape index (κ2) is 9.00. The predicted octanol–water partition coefficient (Wildman–Crippen LogP) is 4.18. The Morgan fingerprint density at radius 1 is 1.17 bits per heavy atom. The van der Waals surface area contributed by atoms with Crippen LogP contribution in [-0.4, -0.2) is 25.7 Å². The predicted molar refractivity (Wildman–Crippen MR) is 107 cm³/mol. The lowest BCUT2D eigenvalue weighted by Gasteiger charge is -2.28. The minimum atomic E-state index is -0.611. The monoisotopic (exact) mass is 416 g/mol. The normalized spacial score (nSPS) is 16.1. The van der Waals surface area contributed by atoms with Gasteiger partial charge in [-0.25, -0.2) is 14.0 Å². The van der Waals surface area contributed by atoms with Crippen molar-refractivity contribution in [2.45, 2.75) is 29.7 Å². The summed E-state index contributed by atoms with van der Waals surface area (Å²) >= 11 is 1.39. The Bertz CT molecular complexity index is 960. The molecule has 1 unspecified atom stereocenters. The summed E-state index contributed by atoms with van der Waals surface area (Å²) in [5.74, 6) is -0.708. The molecule has 1 aliphatic heterocycles. The van der Waals surface area contributed by atoms with E-state index in [-0.39, 0.29) is 18.4 Å². The summed E-state index contributed by atoms with van der Waals surface area (Å²) in [6.45, 7) is 3.64. The number of hydrogen-bond acceptors (Lipinski definition) is 5. The summed E-state index contributed by atoms with van der Waals surface area (Å²) in [5, 5.41) is 5.37. The molecular formula is C21H21FN2O4S. The maximum atomic E-state index is 13.9. The van der Waals surface area contributed by atoms with Crippen molar-refractivity contribution in [3.05, 3.63) is 65.1 Å². The van der Waals surface area contributed by atoms with Gasteiger partial charge in [-0.05, 0) is 49.7 Å². The van der Waals surface area contributed by atoms with Crippen LogP contribution in [0.5, 0.6) is 5.75 Å². The zero-order valence-corrected chi connectivity index (χ0v) is 17.1. The lowest BCUT2D eigenvalue weighted by Crippen LogP contribution is -2.45. The molecule has 1 aliphatic rings. The van der Waals surface area contributed by atoms with E-state index in [9.17, 15) is 14.0 Å². The fourth-order valence-corrected chi connectivity index (χ4v) is 3.84. The minimum absolute atomic E-state index is 0.194. The Balaban J connectivity index is 1.82. The Morgan fingerprint density at radius 3 is 2.48 bits per heavy atom. The first-order chi connectivity index (χ1) is 13.9. The van der Waals surface area contributed by atoms with E-state index in [1.54, 1.807) is 26.0 Å². The van der Waals surface area contributed by atoms with Gasteiger partial charge in [-0.15, -0.1) is 0 Å². The molecule has 2 aromatic carbocycles. The molecule has 0 aromatic heterocycles. The van der Waals surface area contributed by atoms with Crippen molar-refractivity contribution in [2.24, 2.45) is 0 Å². The third kappa shape index (κ3) is 4.71. The Labute approximate surface area is 172 Å². The van der Waals surface area contributed by atoms with Gasteiger partial charge in [-0.1, -0.05) is 23.9 Å². The fraction of sp³-hybridized carbons (Fsp3) is 0.238. The van der Waals surface area contributed by atoms with E-state index in [0.717, 1.165) is 15.4 Å². The molecule has 1 heterocycles. The van der Waals surface area contributed by atoms with E-state index in [1.807, 2.05) is 24.3 Å². The minimum Gasteiger partial charge on any atom is -0.494 e. The van der Waals surface area contributed by atoms with E-state index < -0.39 is 17.8 Å². The van der Waals surface area contributed by atoms with Gasteiger partial charge in [0.2, 0.25) is 0 Å². The molecule has 0 saturated heterocycles. The van der Waals surface area contributed by atoms with Crippen LogP contribution in [0.25, 0.3) is 0 Å². The van der Waals surface area contributed by atoms with E-state index in [2.05, 4.69) is 10.6 Å². The first-order valence-corrected chi connectivity index (χ1v) is 9.81. The van der Waals surface area contributed by atoms with Crippen molar-refractivity contribution >= 4 is 23.8 Å². The van der Waals surface area contributed by atoms with E-state index >= 15 is 0 Å². The smallest absolute Gasteiger partial charge is 0.338 e.